The first kappa shape index (κ1) is 23.1. The maximum Gasteiger partial charge on any atom is 0.349 e. The van der Waals surface area contributed by atoms with Crippen molar-refractivity contribution in [1.82, 2.24) is 4.57 Å². The number of carbonyl (C=O) groups is 2. The zero-order valence-corrected chi connectivity index (χ0v) is 18.4. The van der Waals surface area contributed by atoms with Crippen molar-refractivity contribution in [1.29, 1.82) is 5.26 Å². The van der Waals surface area contributed by atoms with Crippen LogP contribution in [0.1, 0.15) is 51.4 Å². The van der Waals surface area contributed by atoms with Crippen molar-refractivity contribution in [2.75, 3.05) is 20.3 Å². The molecule has 6 heteroatoms. The Morgan fingerprint density at radius 1 is 1.20 bits per heavy atom. The monoisotopic (exact) mass is 408 g/mol. The molecule has 0 aliphatic rings. The second-order valence-corrected chi connectivity index (χ2v) is 7.49. The highest BCUT2D eigenvalue weighted by molar-refractivity contribution is 6.02. The number of Topliss-reactive ketones (excluding diaryl/α,β-unsaturated/α-hetero) is 1. The molecule has 30 heavy (non-hydrogen) atoms. The molecule has 1 heterocycles. The summed E-state index contributed by atoms with van der Waals surface area (Å²) in [7, 11) is 1.65. The van der Waals surface area contributed by atoms with Crippen LogP contribution < -0.4 is 0 Å². The second kappa shape index (κ2) is 10.0. The van der Waals surface area contributed by atoms with Crippen LogP contribution in [-0.2, 0) is 14.3 Å². The lowest BCUT2D eigenvalue weighted by atomic mass is 10.0. The van der Waals surface area contributed by atoms with Gasteiger partial charge < -0.3 is 14.0 Å². The minimum absolute atomic E-state index is 0.116. The molecule has 158 valence electrons. The molecule has 6 nitrogen and oxygen atoms in total. The molecular formula is C24H28N2O4. The van der Waals surface area contributed by atoms with E-state index in [2.05, 4.69) is 4.57 Å². The fraction of sp³-hybridized carbons (Fsp3) is 0.375. The summed E-state index contributed by atoms with van der Waals surface area (Å²) in [6.45, 7) is 9.84. The van der Waals surface area contributed by atoms with E-state index in [1.54, 1.807) is 13.2 Å². The molecule has 0 N–H and O–H groups in total. The summed E-state index contributed by atoms with van der Waals surface area (Å²) in [5.74, 6) is -1.12. The number of hydrogen-bond acceptors (Lipinski definition) is 5. The van der Waals surface area contributed by atoms with Crippen molar-refractivity contribution in [2.24, 2.45) is 0 Å². The van der Waals surface area contributed by atoms with Gasteiger partial charge in [0.1, 0.15) is 11.6 Å². The van der Waals surface area contributed by atoms with Gasteiger partial charge in [-0.1, -0.05) is 23.8 Å². The number of aryl methyl sites for hydroxylation is 3. The van der Waals surface area contributed by atoms with E-state index in [0.29, 0.717) is 12.2 Å². The topological polar surface area (TPSA) is 81.3 Å². The molecule has 1 atom stereocenters. The predicted octanol–water partition coefficient (Wildman–Crippen LogP) is 4.26. The largest absolute Gasteiger partial charge is 0.453 e. The molecular weight excluding hydrogens is 380 g/mol. The Balaban J connectivity index is 2.17. The minimum Gasteiger partial charge on any atom is -0.453 e. The number of carbonyl (C=O) groups excluding carboxylic acids is 2. The van der Waals surface area contributed by atoms with Gasteiger partial charge in [-0.15, -0.1) is 0 Å². The molecule has 0 bridgehead atoms. The van der Waals surface area contributed by atoms with E-state index in [9.17, 15) is 14.9 Å². The summed E-state index contributed by atoms with van der Waals surface area (Å²) in [5, 5.41) is 9.44. The molecule has 0 saturated carbocycles. The second-order valence-electron chi connectivity index (χ2n) is 7.49. The molecule has 1 aromatic heterocycles. The Hall–Kier alpha value is -3.17. The van der Waals surface area contributed by atoms with E-state index in [-0.39, 0.29) is 17.4 Å². The lowest BCUT2D eigenvalue weighted by Crippen LogP contribution is -2.16. The Morgan fingerprint density at radius 3 is 2.50 bits per heavy atom. The van der Waals surface area contributed by atoms with Crippen LogP contribution in [0.2, 0.25) is 0 Å². The quantitative estimate of drug-likeness (QED) is 0.282. The van der Waals surface area contributed by atoms with Gasteiger partial charge in [0.2, 0.25) is 5.78 Å². The maximum atomic E-state index is 12.4. The van der Waals surface area contributed by atoms with Crippen LogP contribution in [-0.4, -0.2) is 36.6 Å². The third-order valence-corrected chi connectivity index (χ3v) is 5.03. The van der Waals surface area contributed by atoms with Crippen molar-refractivity contribution >= 4 is 17.8 Å². The van der Waals surface area contributed by atoms with Gasteiger partial charge in [0.15, 0.2) is 6.61 Å². The number of ketones is 1. The normalized spacial score (nSPS) is 12.4. The van der Waals surface area contributed by atoms with Crippen LogP contribution in [0.5, 0.6) is 0 Å². The molecule has 0 amide bonds. The van der Waals surface area contributed by atoms with Gasteiger partial charge in [0.25, 0.3) is 0 Å². The third-order valence-electron chi connectivity index (χ3n) is 5.03. The predicted molar refractivity (Wildman–Crippen MR) is 115 cm³/mol. The molecule has 0 spiro atoms. The average Bonchev–Trinajstić information content (AvgIpc) is 2.97. The maximum absolute atomic E-state index is 12.4. The van der Waals surface area contributed by atoms with Crippen LogP contribution >= 0.6 is 0 Å². The summed E-state index contributed by atoms with van der Waals surface area (Å²) >= 11 is 0. The number of benzene rings is 1. The lowest BCUT2D eigenvalue weighted by Gasteiger charge is -2.17. The van der Waals surface area contributed by atoms with E-state index in [1.807, 2.05) is 58.9 Å². The molecule has 0 aliphatic heterocycles. The summed E-state index contributed by atoms with van der Waals surface area (Å²) in [6, 6.07) is 9.37. The molecule has 0 aliphatic carbocycles. The highest BCUT2D eigenvalue weighted by Crippen LogP contribution is 2.23. The number of rotatable bonds is 8. The minimum atomic E-state index is -0.814. The summed E-state index contributed by atoms with van der Waals surface area (Å²) < 4.78 is 12.5. The number of nitrogens with zero attached hydrogens (tertiary/aromatic N) is 2. The first-order chi connectivity index (χ1) is 14.2. The zero-order chi connectivity index (χ0) is 22.4. The van der Waals surface area contributed by atoms with Gasteiger partial charge >= 0.3 is 5.97 Å². The molecule has 0 radical (unpaired) electrons. The van der Waals surface area contributed by atoms with Crippen molar-refractivity contribution in [3.05, 3.63) is 63.5 Å². The number of ether oxygens (including phenoxy) is 2. The van der Waals surface area contributed by atoms with Crippen LogP contribution in [0.25, 0.3) is 6.08 Å². The first-order valence-corrected chi connectivity index (χ1v) is 9.76. The van der Waals surface area contributed by atoms with E-state index in [0.717, 1.165) is 28.1 Å². The van der Waals surface area contributed by atoms with Crippen LogP contribution in [0.15, 0.2) is 29.8 Å². The van der Waals surface area contributed by atoms with Crippen molar-refractivity contribution < 1.29 is 19.1 Å². The fourth-order valence-electron chi connectivity index (χ4n) is 3.65. The van der Waals surface area contributed by atoms with Gasteiger partial charge in [0, 0.05) is 24.1 Å². The van der Waals surface area contributed by atoms with Crippen molar-refractivity contribution in [2.45, 2.75) is 40.7 Å². The number of hydrogen-bond donors (Lipinski definition) is 0. The lowest BCUT2D eigenvalue weighted by molar-refractivity contribution is -0.137. The van der Waals surface area contributed by atoms with E-state index < -0.39 is 12.6 Å². The zero-order valence-electron chi connectivity index (χ0n) is 18.4. The molecule has 2 rings (SSSR count). The average molecular weight is 408 g/mol. The highest BCUT2D eigenvalue weighted by Gasteiger charge is 2.18. The van der Waals surface area contributed by atoms with Gasteiger partial charge in [0.05, 0.1) is 12.6 Å². The highest BCUT2D eigenvalue weighted by atomic mass is 16.5. The van der Waals surface area contributed by atoms with Gasteiger partial charge in [-0.2, -0.15) is 5.26 Å². The van der Waals surface area contributed by atoms with Crippen molar-refractivity contribution in [3.8, 4) is 6.07 Å². The Bertz CT molecular complexity index is 1020. The molecule has 0 fully saturated rings. The number of aromatic nitrogens is 1. The summed E-state index contributed by atoms with van der Waals surface area (Å²) in [4.78, 5) is 24.8. The van der Waals surface area contributed by atoms with Crippen LogP contribution in [0.3, 0.4) is 0 Å². The van der Waals surface area contributed by atoms with E-state index >= 15 is 0 Å². The van der Waals surface area contributed by atoms with Gasteiger partial charge in [-0.3, -0.25) is 4.79 Å². The number of nitriles is 1. The number of esters is 1. The smallest absolute Gasteiger partial charge is 0.349 e. The molecule has 0 unspecified atom stereocenters. The van der Waals surface area contributed by atoms with Gasteiger partial charge in [-0.05, 0) is 57.9 Å². The van der Waals surface area contributed by atoms with Crippen LogP contribution in [0, 0.1) is 39.0 Å². The number of methoxy groups -OCH3 is 1. The van der Waals surface area contributed by atoms with E-state index in [4.69, 9.17) is 9.47 Å². The van der Waals surface area contributed by atoms with Crippen LogP contribution in [0.4, 0.5) is 0 Å². The molecule has 2 aromatic rings. The standard InChI is InChI=1S/C24H28N2O4/c1-15-7-8-22(16(2)9-15)23(27)14-30-24(28)21(12-25)11-20-10-17(3)26(19(20)5)18(4)13-29-6/h7-11,18H,13-14H2,1-6H3/b21-11+/t18-/m1/s1. The Morgan fingerprint density at radius 2 is 1.90 bits per heavy atom. The third kappa shape index (κ3) is 5.25. The fourth-order valence-corrected chi connectivity index (χ4v) is 3.65. The van der Waals surface area contributed by atoms with E-state index in [1.165, 1.54) is 6.08 Å². The summed E-state index contributed by atoms with van der Waals surface area (Å²) in [6.07, 6.45) is 1.50. The SMILES string of the molecule is COC[C@@H](C)n1c(C)cc(/C=C(\C#N)C(=O)OCC(=O)c2ccc(C)cc2C)c1C. The summed E-state index contributed by atoms with van der Waals surface area (Å²) in [5.41, 5.74) is 4.90. The van der Waals surface area contributed by atoms with Crippen molar-refractivity contribution in [3.63, 3.8) is 0 Å². The first-order valence-electron chi connectivity index (χ1n) is 9.76. The Kier molecular flexibility index (Phi) is 7.73. The van der Waals surface area contributed by atoms with Gasteiger partial charge in [-0.25, -0.2) is 4.79 Å². The molecule has 0 saturated heterocycles. The Labute approximate surface area is 177 Å². The molecule has 1 aromatic carbocycles.